The highest BCUT2D eigenvalue weighted by molar-refractivity contribution is 7.80. The summed E-state index contributed by atoms with van der Waals surface area (Å²) in [5.41, 5.74) is 2.87. The summed E-state index contributed by atoms with van der Waals surface area (Å²) in [5.74, 6) is 0.803. The highest BCUT2D eigenvalue weighted by atomic mass is 35.5. The van der Waals surface area contributed by atoms with Gasteiger partial charge in [0.1, 0.15) is 11.6 Å². The Kier molecular flexibility index (Phi) is 5.11. The number of thiocarbonyl (C=S) groups is 1. The van der Waals surface area contributed by atoms with Gasteiger partial charge >= 0.3 is 0 Å². The smallest absolute Gasteiger partial charge is 0.176 e. The molecule has 0 saturated heterocycles. The zero-order chi connectivity index (χ0) is 16.4. The first-order valence-corrected chi connectivity index (χ1v) is 7.66. The molecular formula is C15H15Cl2N3OS. The van der Waals surface area contributed by atoms with Gasteiger partial charge in [-0.3, -0.25) is 0 Å². The third kappa shape index (κ3) is 3.61. The molecule has 4 nitrogen and oxygen atoms in total. The van der Waals surface area contributed by atoms with Crippen molar-refractivity contribution in [3.05, 3.63) is 45.1 Å². The molecule has 1 aromatic carbocycles. The lowest BCUT2D eigenvalue weighted by Crippen LogP contribution is -2.21. The van der Waals surface area contributed by atoms with Crippen LogP contribution < -0.4 is 10.6 Å². The first-order valence-electron chi connectivity index (χ1n) is 6.49. The number of nitrogens with one attached hydrogen (secondary N) is 2. The van der Waals surface area contributed by atoms with E-state index >= 15 is 0 Å². The lowest BCUT2D eigenvalue weighted by molar-refractivity contribution is 0.463. The molecule has 0 aliphatic rings. The van der Waals surface area contributed by atoms with Crippen molar-refractivity contribution in [3.8, 4) is 5.75 Å². The van der Waals surface area contributed by atoms with Gasteiger partial charge in [-0.25, -0.2) is 4.98 Å². The van der Waals surface area contributed by atoms with E-state index < -0.39 is 0 Å². The van der Waals surface area contributed by atoms with E-state index in [1.807, 2.05) is 13.8 Å². The lowest BCUT2D eigenvalue weighted by atomic mass is 10.1. The predicted octanol–water partition coefficient (Wildman–Crippen LogP) is 4.83. The van der Waals surface area contributed by atoms with Crippen LogP contribution in [0.5, 0.6) is 5.75 Å². The fourth-order valence-electron chi connectivity index (χ4n) is 1.90. The van der Waals surface area contributed by atoms with E-state index in [-0.39, 0.29) is 5.75 Å². The molecule has 3 N–H and O–H groups in total. The van der Waals surface area contributed by atoms with Crippen molar-refractivity contribution in [2.75, 3.05) is 10.6 Å². The number of hydrogen-bond acceptors (Lipinski definition) is 3. The normalized spacial score (nSPS) is 10.4. The summed E-state index contributed by atoms with van der Waals surface area (Å²) >= 11 is 17.1. The van der Waals surface area contributed by atoms with E-state index in [0.29, 0.717) is 26.7 Å². The fraction of sp³-hybridized carbons (Fsp3) is 0.200. The van der Waals surface area contributed by atoms with Crippen molar-refractivity contribution in [2.24, 2.45) is 0 Å². The number of hydrogen-bond donors (Lipinski definition) is 3. The van der Waals surface area contributed by atoms with Gasteiger partial charge in [-0.15, -0.1) is 0 Å². The van der Waals surface area contributed by atoms with E-state index in [4.69, 9.17) is 35.4 Å². The minimum atomic E-state index is 0.200. The Morgan fingerprint density at radius 1 is 1.09 bits per heavy atom. The Morgan fingerprint density at radius 2 is 1.77 bits per heavy atom. The van der Waals surface area contributed by atoms with Crippen LogP contribution >= 0.6 is 35.4 Å². The van der Waals surface area contributed by atoms with Gasteiger partial charge in [-0.05, 0) is 62.3 Å². The number of pyridine rings is 1. The molecule has 0 saturated carbocycles. The molecule has 7 heteroatoms. The second kappa shape index (κ2) is 6.69. The molecule has 0 unspecified atom stereocenters. The second-order valence-electron chi connectivity index (χ2n) is 4.85. The summed E-state index contributed by atoms with van der Waals surface area (Å²) in [4.78, 5) is 4.31. The van der Waals surface area contributed by atoms with Gasteiger partial charge in [0, 0.05) is 5.69 Å². The van der Waals surface area contributed by atoms with E-state index in [1.54, 1.807) is 25.1 Å². The summed E-state index contributed by atoms with van der Waals surface area (Å²) in [6, 6.07) is 5.15. The first kappa shape index (κ1) is 16.8. The average molecular weight is 356 g/mol. The molecule has 2 rings (SSSR count). The van der Waals surface area contributed by atoms with Gasteiger partial charge in [0.05, 0.1) is 15.7 Å². The third-order valence-corrected chi connectivity index (χ3v) is 4.25. The number of benzene rings is 1. The summed E-state index contributed by atoms with van der Waals surface area (Å²) in [7, 11) is 0. The van der Waals surface area contributed by atoms with Crippen LogP contribution in [0.3, 0.4) is 0 Å². The molecular weight excluding hydrogens is 341 g/mol. The highest BCUT2D eigenvalue weighted by Gasteiger charge is 2.12. The fourth-order valence-corrected chi connectivity index (χ4v) is 2.41. The Morgan fingerprint density at radius 3 is 2.41 bits per heavy atom. The van der Waals surface area contributed by atoms with E-state index in [2.05, 4.69) is 15.6 Å². The van der Waals surface area contributed by atoms with E-state index in [0.717, 1.165) is 16.8 Å². The molecule has 0 atom stereocenters. The molecule has 22 heavy (non-hydrogen) atoms. The molecule has 116 valence electrons. The van der Waals surface area contributed by atoms with E-state index in [1.165, 1.54) is 0 Å². The van der Waals surface area contributed by atoms with E-state index in [9.17, 15) is 5.11 Å². The monoisotopic (exact) mass is 355 g/mol. The lowest BCUT2D eigenvalue weighted by Gasteiger charge is -2.15. The number of aromatic nitrogens is 1. The Balaban J connectivity index is 2.17. The molecule has 1 heterocycles. The van der Waals surface area contributed by atoms with Crippen molar-refractivity contribution < 1.29 is 5.11 Å². The van der Waals surface area contributed by atoms with Crippen LogP contribution in [0, 0.1) is 20.8 Å². The van der Waals surface area contributed by atoms with Crippen molar-refractivity contribution in [3.63, 3.8) is 0 Å². The quantitative estimate of drug-likeness (QED) is 0.673. The van der Waals surface area contributed by atoms with Gasteiger partial charge in [0.2, 0.25) is 0 Å². The first-order chi connectivity index (χ1) is 10.3. The van der Waals surface area contributed by atoms with Crippen LogP contribution in [0.25, 0.3) is 0 Å². The molecule has 0 aliphatic heterocycles. The molecule has 0 radical (unpaired) electrons. The third-order valence-electron chi connectivity index (χ3n) is 3.30. The van der Waals surface area contributed by atoms with Crippen LogP contribution in [0.4, 0.5) is 11.5 Å². The van der Waals surface area contributed by atoms with Crippen LogP contribution in [-0.2, 0) is 0 Å². The molecule has 0 bridgehead atoms. The number of rotatable bonds is 2. The zero-order valence-electron chi connectivity index (χ0n) is 12.3. The Hall–Kier alpha value is -1.56. The van der Waals surface area contributed by atoms with Crippen LogP contribution in [-0.4, -0.2) is 15.2 Å². The van der Waals surface area contributed by atoms with Gasteiger partial charge in [-0.2, -0.15) is 0 Å². The van der Waals surface area contributed by atoms with Crippen LogP contribution in [0.2, 0.25) is 10.0 Å². The molecule has 0 fully saturated rings. The highest BCUT2D eigenvalue weighted by Crippen LogP contribution is 2.28. The van der Waals surface area contributed by atoms with Crippen molar-refractivity contribution in [1.29, 1.82) is 0 Å². The summed E-state index contributed by atoms with van der Waals surface area (Å²) in [6.45, 7) is 5.44. The number of nitrogens with zero attached hydrogens (tertiary/aromatic N) is 1. The minimum absolute atomic E-state index is 0.200. The van der Waals surface area contributed by atoms with Gasteiger partial charge in [-0.1, -0.05) is 23.2 Å². The molecule has 0 aliphatic carbocycles. The standard InChI is InChI=1S/C15H15Cl2N3OS/c1-7-8(2)14(18-9(3)13(7)21)20-15(22)19-10-4-5-11(16)12(17)6-10/h4-6,21H,1-3H3,(H2,18,19,20,22). The Labute approximate surface area is 144 Å². The topological polar surface area (TPSA) is 57.2 Å². The molecule has 2 aromatic rings. The van der Waals surface area contributed by atoms with Crippen molar-refractivity contribution >= 4 is 52.0 Å². The van der Waals surface area contributed by atoms with Crippen molar-refractivity contribution in [2.45, 2.75) is 20.8 Å². The maximum atomic E-state index is 9.87. The maximum Gasteiger partial charge on any atom is 0.176 e. The van der Waals surface area contributed by atoms with Crippen LogP contribution in [0.1, 0.15) is 16.8 Å². The maximum absolute atomic E-state index is 9.87. The minimum Gasteiger partial charge on any atom is -0.506 e. The average Bonchev–Trinajstić information content (AvgIpc) is 2.46. The number of halogens is 2. The largest absolute Gasteiger partial charge is 0.506 e. The van der Waals surface area contributed by atoms with Gasteiger partial charge in [0.25, 0.3) is 0 Å². The molecule has 0 spiro atoms. The molecule has 0 amide bonds. The van der Waals surface area contributed by atoms with Crippen LogP contribution in [0.15, 0.2) is 18.2 Å². The number of aryl methyl sites for hydroxylation is 1. The van der Waals surface area contributed by atoms with Gasteiger partial charge in [0.15, 0.2) is 5.11 Å². The number of aromatic hydroxyl groups is 1. The second-order valence-corrected chi connectivity index (χ2v) is 6.08. The van der Waals surface area contributed by atoms with Gasteiger partial charge < -0.3 is 15.7 Å². The van der Waals surface area contributed by atoms with Crippen molar-refractivity contribution in [1.82, 2.24) is 4.98 Å². The summed E-state index contributed by atoms with van der Waals surface area (Å²) in [5, 5.41) is 17.2. The SMILES string of the molecule is Cc1nc(NC(=S)Nc2ccc(Cl)c(Cl)c2)c(C)c(C)c1O. The summed E-state index contributed by atoms with van der Waals surface area (Å²) in [6.07, 6.45) is 0. The Bertz CT molecular complexity index is 750. The summed E-state index contributed by atoms with van der Waals surface area (Å²) < 4.78 is 0. The number of anilines is 2. The zero-order valence-corrected chi connectivity index (χ0v) is 14.6. The molecule has 1 aromatic heterocycles. The predicted molar refractivity (Wildman–Crippen MR) is 96.4 cm³/mol.